The maximum atomic E-state index is 6.61. The van der Waals surface area contributed by atoms with Crippen LogP contribution in [0.25, 0.3) is 76.8 Å². The SMILES string of the molecule is Nc1cc2c(cc1-c1cccc3c1[nH]c1cc4c(cc13)oc1ccccc14)oc1ccccc12. The average molecular weight is 438 g/mol. The molecule has 4 nitrogen and oxygen atoms in total. The Balaban J connectivity index is 1.42. The Bertz CT molecular complexity index is 2090. The fourth-order valence-corrected chi connectivity index (χ4v) is 5.39. The van der Waals surface area contributed by atoms with E-state index >= 15 is 0 Å². The van der Waals surface area contributed by atoms with Crippen molar-refractivity contribution in [3.63, 3.8) is 0 Å². The lowest BCUT2D eigenvalue weighted by molar-refractivity contribution is 0.669. The van der Waals surface area contributed by atoms with Crippen molar-refractivity contribution < 1.29 is 8.83 Å². The van der Waals surface area contributed by atoms with Crippen molar-refractivity contribution in [2.45, 2.75) is 0 Å². The van der Waals surface area contributed by atoms with Gasteiger partial charge in [0, 0.05) is 54.6 Å². The molecule has 0 aliphatic rings. The van der Waals surface area contributed by atoms with Gasteiger partial charge in [0.25, 0.3) is 0 Å². The van der Waals surface area contributed by atoms with Gasteiger partial charge in [-0.25, -0.2) is 0 Å². The minimum Gasteiger partial charge on any atom is -0.456 e. The van der Waals surface area contributed by atoms with Crippen LogP contribution in [0.3, 0.4) is 0 Å². The molecular weight excluding hydrogens is 420 g/mol. The van der Waals surface area contributed by atoms with Crippen molar-refractivity contribution in [3.8, 4) is 11.1 Å². The minimum absolute atomic E-state index is 0.727. The summed E-state index contributed by atoms with van der Waals surface area (Å²) >= 11 is 0. The zero-order chi connectivity index (χ0) is 22.4. The summed E-state index contributed by atoms with van der Waals surface area (Å²) in [6, 6.07) is 31.0. The molecule has 0 aliphatic carbocycles. The molecule has 5 aromatic carbocycles. The standard InChI is InChI=1S/C30H18N2O2/c31-24-12-22-16-6-1-3-10-26(16)33-28(22)14-20(24)18-8-5-9-19-21-15-29-23(13-25(21)32-30(18)19)17-7-2-4-11-27(17)34-29/h1-15,32H,31H2. The lowest BCUT2D eigenvalue weighted by Gasteiger charge is -2.08. The van der Waals surface area contributed by atoms with E-state index in [0.717, 1.165) is 82.5 Å². The fourth-order valence-electron chi connectivity index (χ4n) is 5.39. The van der Waals surface area contributed by atoms with E-state index in [0.29, 0.717) is 0 Å². The quantitative estimate of drug-likeness (QED) is 0.253. The molecule has 34 heavy (non-hydrogen) atoms. The number of furan rings is 2. The van der Waals surface area contributed by atoms with Crippen LogP contribution in [0.4, 0.5) is 5.69 Å². The first-order chi connectivity index (χ1) is 16.7. The number of benzene rings is 5. The molecule has 160 valence electrons. The van der Waals surface area contributed by atoms with E-state index in [-0.39, 0.29) is 0 Å². The number of H-pyrrole nitrogens is 1. The molecule has 0 amide bonds. The molecule has 0 unspecified atom stereocenters. The van der Waals surface area contributed by atoms with Crippen LogP contribution in [0.2, 0.25) is 0 Å². The van der Waals surface area contributed by atoms with Crippen LogP contribution in [-0.2, 0) is 0 Å². The van der Waals surface area contributed by atoms with Crippen LogP contribution in [-0.4, -0.2) is 4.98 Å². The molecule has 8 rings (SSSR count). The predicted octanol–water partition coefficient (Wildman–Crippen LogP) is 8.37. The molecule has 0 spiro atoms. The normalized spacial score (nSPS) is 12.2. The number of fused-ring (bicyclic) bond motifs is 9. The van der Waals surface area contributed by atoms with E-state index < -0.39 is 0 Å². The molecule has 0 saturated heterocycles. The van der Waals surface area contributed by atoms with Crippen molar-refractivity contribution in [3.05, 3.63) is 91.0 Å². The summed E-state index contributed by atoms with van der Waals surface area (Å²) in [5, 5.41) is 6.62. The summed E-state index contributed by atoms with van der Waals surface area (Å²) in [7, 11) is 0. The molecule has 0 fully saturated rings. The number of rotatable bonds is 1. The highest BCUT2D eigenvalue weighted by atomic mass is 16.3. The molecular formula is C30H18N2O2. The first kappa shape index (κ1) is 17.8. The summed E-state index contributed by atoms with van der Waals surface area (Å²) in [5.74, 6) is 0. The van der Waals surface area contributed by atoms with Gasteiger partial charge in [-0.15, -0.1) is 0 Å². The van der Waals surface area contributed by atoms with E-state index in [1.165, 1.54) is 0 Å². The van der Waals surface area contributed by atoms with Crippen LogP contribution in [0.5, 0.6) is 0 Å². The summed E-state index contributed by atoms with van der Waals surface area (Å²) in [5.41, 5.74) is 15.0. The molecule has 0 bridgehead atoms. The maximum Gasteiger partial charge on any atom is 0.136 e. The van der Waals surface area contributed by atoms with Gasteiger partial charge >= 0.3 is 0 Å². The van der Waals surface area contributed by atoms with Gasteiger partial charge in [-0.3, -0.25) is 0 Å². The second kappa shape index (κ2) is 6.21. The summed E-state index contributed by atoms with van der Waals surface area (Å²) < 4.78 is 12.3. The lowest BCUT2D eigenvalue weighted by atomic mass is 9.99. The molecule has 3 aromatic heterocycles. The Morgan fingerprint density at radius 3 is 1.91 bits per heavy atom. The Morgan fingerprint density at radius 2 is 1.15 bits per heavy atom. The van der Waals surface area contributed by atoms with Gasteiger partial charge in [0.1, 0.15) is 22.3 Å². The number of aromatic amines is 1. The van der Waals surface area contributed by atoms with E-state index in [1.54, 1.807) is 0 Å². The molecule has 3 heterocycles. The highest BCUT2D eigenvalue weighted by Crippen LogP contribution is 2.41. The monoisotopic (exact) mass is 438 g/mol. The predicted molar refractivity (Wildman–Crippen MR) is 140 cm³/mol. The first-order valence-corrected chi connectivity index (χ1v) is 11.3. The fraction of sp³-hybridized carbons (Fsp3) is 0. The number of anilines is 1. The molecule has 4 heteroatoms. The Morgan fingerprint density at radius 1 is 0.500 bits per heavy atom. The van der Waals surface area contributed by atoms with Crippen LogP contribution >= 0.6 is 0 Å². The molecule has 3 N–H and O–H groups in total. The molecule has 0 aliphatic heterocycles. The number of para-hydroxylation sites is 3. The number of aromatic nitrogens is 1. The van der Waals surface area contributed by atoms with Gasteiger partial charge in [-0.1, -0.05) is 54.6 Å². The van der Waals surface area contributed by atoms with Crippen molar-refractivity contribution >= 4 is 71.4 Å². The van der Waals surface area contributed by atoms with Crippen LogP contribution in [0.1, 0.15) is 0 Å². The number of hydrogen-bond donors (Lipinski definition) is 2. The summed E-state index contributed by atoms with van der Waals surface area (Å²) in [6.07, 6.45) is 0. The van der Waals surface area contributed by atoms with Crippen molar-refractivity contribution in [1.29, 1.82) is 0 Å². The first-order valence-electron chi connectivity index (χ1n) is 11.3. The largest absolute Gasteiger partial charge is 0.456 e. The van der Waals surface area contributed by atoms with Gasteiger partial charge in [-0.05, 0) is 36.4 Å². The molecule has 0 saturated carbocycles. The minimum atomic E-state index is 0.727. The van der Waals surface area contributed by atoms with Gasteiger partial charge in [0.2, 0.25) is 0 Å². The molecule has 0 atom stereocenters. The maximum absolute atomic E-state index is 6.61. The number of nitrogen functional groups attached to an aromatic ring is 1. The van der Waals surface area contributed by atoms with Gasteiger partial charge < -0.3 is 19.6 Å². The van der Waals surface area contributed by atoms with E-state index in [9.17, 15) is 0 Å². The van der Waals surface area contributed by atoms with E-state index in [2.05, 4.69) is 53.5 Å². The third kappa shape index (κ3) is 2.27. The zero-order valence-corrected chi connectivity index (χ0v) is 18.1. The van der Waals surface area contributed by atoms with Crippen LogP contribution < -0.4 is 5.73 Å². The Labute approximate surface area is 193 Å². The van der Waals surface area contributed by atoms with E-state index in [4.69, 9.17) is 14.6 Å². The van der Waals surface area contributed by atoms with Crippen molar-refractivity contribution in [2.24, 2.45) is 0 Å². The highest BCUT2D eigenvalue weighted by Gasteiger charge is 2.17. The van der Waals surface area contributed by atoms with Crippen LogP contribution in [0, 0.1) is 0 Å². The van der Waals surface area contributed by atoms with E-state index in [1.807, 2.05) is 42.5 Å². The number of hydrogen-bond acceptors (Lipinski definition) is 3. The van der Waals surface area contributed by atoms with Crippen LogP contribution in [0.15, 0.2) is 99.8 Å². The van der Waals surface area contributed by atoms with Gasteiger partial charge in [-0.2, -0.15) is 0 Å². The highest BCUT2D eigenvalue weighted by molar-refractivity contribution is 6.19. The Kier molecular flexibility index (Phi) is 3.25. The Hall–Kier alpha value is -4.70. The van der Waals surface area contributed by atoms with Crippen molar-refractivity contribution in [1.82, 2.24) is 4.98 Å². The second-order valence-electron chi connectivity index (χ2n) is 8.88. The zero-order valence-electron chi connectivity index (χ0n) is 18.1. The van der Waals surface area contributed by atoms with Crippen molar-refractivity contribution in [2.75, 3.05) is 5.73 Å². The average Bonchev–Trinajstić information content (AvgIpc) is 3.52. The van der Waals surface area contributed by atoms with Gasteiger partial charge in [0.15, 0.2) is 0 Å². The number of nitrogens with one attached hydrogen (secondary N) is 1. The summed E-state index contributed by atoms with van der Waals surface area (Å²) in [4.78, 5) is 3.67. The lowest BCUT2D eigenvalue weighted by Crippen LogP contribution is -1.90. The molecule has 8 aromatic rings. The number of nitrogens with two attached hydrogens (primary N) is 1. The topological polar surface area (TPSA) is 68.1 Å². The molecule has 0 radical (unpaired) electrons. The smallest absolute Gasteiger partial charge is 0.136 e. The second-order valence-corrected chi connectivity index (χ2v) is 8.88. The van der Waals surface area contributed by atoms with Gasteiger partial charge in [0.05, 0.1) is 5.52 Å². The third-order valence-corrected chi connectivity index (χ3v) is 6.97. The third-order valence-electron chi connectivity index (χ3n) is 6.97. The summed E-state index contributed by atoms with van der Waals surface area (Å²) in [6.45, 7) is 0.